The summed E-state index contributed by atoms with van der Waals surface area (Å²) in [4.78, 5) is 18.9. The van der Waals surface area contributed by atoms with Crippen LogP contribution in [0.5, 0.6) is 17.2 Å². The fraction of sp³-hybridized carbons (Fsp3) is 0.400. The summed E-state index contributed by atoms with van der Waals surface area (Å²) in [5, 5.41) is 5.63. The molecule has 1 fully saturated rings. The molecule has 2 N–H and O–H groups in total. The molecule has 1 aromatic heterocycles. The van der Waals surface area contributed by atoms with E-state index in [0.717, 1.165) is 24.5 Å². The van der Waals surface area contributed by atoms with E-state index in [1.54, 1.807) is 18.3 Å². The number of methoxy groups -OCH3 is 3. The molecule has 9 nitrogen and oxygen atoms in total. The zero-order chi connectivity index (χ0) is 20.6. The SMILES string of the molecule is COc1cc(NC(=O)NCc2ccnc(N3CCOCC3)c2)cc(OC)c1OC. The van der Waals surface area contributed by atoms with Crippen LogP contribution in [-0.2, 0) is 11.3 Å². The van der Waals surface area contributed by atoms with Crippen LogP contribution in [0.1, 0.15) is 5.56 Å². The topological polar surface area (TPSA) is 94.2 Å². The smallest absolute Gasteiger partial charge is 0.319 e. The number of ether oxygens (including phenoxy) is 4. The summed E-state index contributed by atoms with van der Waals surface area (Å²) < 4.78 is 21.3. The Morgan fingerprint density at radius 1 is 1.10 bits per heavy atom. The van der Waals surface area contributed by atoms with Gasteiger partial charge in [0.1, 0.15) is 5.82 Å². The maximum atomic E-state index is 12.3. The van der Waals surface area contributed by atoms with Gasteiger partial charge in [0.15, 0.2) is 11.5 Å². The highest BCUT2D eigenvalue weighted by molar-refractivity contribution is 5.90. The number of carbonyl (C=O) groups excluding carboxylic acids is 1. The third kappa shape index (κ3) is 5.20. The van der Waals surface area contributed by atoms with E-state index < -0.39 is 0 Å². The van der Waals surface area contributed by atoms with Crippen LogP contribution in [0.15, 0.2) is 30.5 Å². The summed E-state index contributed by atoms with van der Waals surface area (Å²) in [6, 6.07) is 6.85. The second kappa shape index (κ2) is 9.83. The number of morpholine rings is 1. The molecule has 1 aliphatic rings. The second-order valence-corrected chi connectivity index (χ2v) is 6.34. The molecule has 0 spiro atoms. The lowest BCUT2D eigenvalue weighted by atomic mass is 10.2. The van der Waals surface area contributed by atoms with Crippen LogP contribution < -0.4 is 29.7 Å². The van der Waals surface area contributed by atoms with Crippen LogP contribution in [0.4, 0.5) is 16.3 Å². The Morgan fingerprint density at radius 3 is 2.41 bits per heavy atom. The summed E-state index contributed by atoms with van der Waals surface area (Å²) in [6.45, 7) is 3.38. The molecule has 3 rings (SSSR count). The van der Waals surface area contributed by atoms with Gasteiger partial charge in [-0.3, -0.25) is 0 Å². The molecule has 9 heteroatoms. The number of nitrogens with zero attached hydrogens (tertiary/aromatic N) is 2. The average molecular weight is 402 g/mol. The lowest BCUT2D eigenvalue weighted by Crippen LogP contribution is -2.36. The molecular weight excluding hydrogens is 376 g/mol. The first kappa shape index (κ1) is 20.5. The number of benzene rings is 1. The van der Waals surface area contributed by atoms with Gasteiger partial charge in [-0.2, -0.15) is 0 Å². The van der Waals surface area contributed by atoms with Crippen molar-refractivity contribution >= 4 is 17.5 Å². The molecule has 29 heavy (non-hydrogen) atoms. The van der Waals surface area contributed by atoms with Gasteiger partial charge < -0.3 is 34.5 Å². The molecule has 1 aromatic carbocycles. The highest BCUT2D eigenvalue weighted by Crippen LogP contribution is 2.39. The third-order valence-electron chi connectivity index (χ3n) is 4.52. The molecule has 1 aliphatic heterocycles. The van der Waals surface area contributed by atoms with Gasteiger partial charge in [-0.25, -0.2) is 9.78 Å². The minimum Gasteiger partial charge on any atom is -0.493 e. The number of anilines is 2. The predicted octanol–water partition coefficient (Wildman–Crippen LogP) is 2.27. The molecule has 0 saturated carbocycles. The van der Waals surface area contributed by atoms with E-state index in [1.165, 1.54) is 21.3 Å². The van der Waals surface area contributed by atoms with Gasteiger partial charge >= 0.3 is 6.03 Å². The van der Waals surface area contributed by atoms with Crippen molar-refractivity contribution in [3.05, 3.63) is 36.0 Å². The number of amides is 2. The molecule has 2 aromatic rings. The van der Waals surface area contributed by atoms with E-state index in [0.29, 0.717) is 42.7 Å². The number of hydrogen-bond donors (Lipinski definition) is 2. The van der Waals surface area contributed by atoms with Crippen LogP contribution in [0.3, 0.4) is 0 Å². The molecular formula is C20H26N4O5. The summed E-state index contributed by atoms with van der Waals surface area (Å²) >= 11 is 0. The van der Waals surface area contributed by atoms with Crippen LogP contribution >= 0.6 is 0 Å². The first-order valence-corrected chi connectivity index (χ1v) is 9.27. The number of rotatable bonds is 7. The van der Waals surface area contributed by atoms with Crippen molar-refractivity contribution in [3.8, 4) is 17.2 Å². The Bertz CT molecular complexity index is 814. The summed E-state index contributed by atoms with van der Waals surface area (Å²) in [5.74, 6) is 2.28. The zero-order valence-electron chi connectivity index (χ0n) is 16.9. The molecule has 0 bridgehead atoms. The Balaban J connectivity index is 1.61. The molecule has 0 radical (unpaired) electrons. The van der Waals surface area contributed by atoms with Gasteiger partial charge in [-0.1, -0.05) is 0 Å². The first-order chi connectivity index (χ1) is 14.1. The number of carbonyl (C=O) groups is 1. The maximum absolute atomic E-state index is 12.3. The normalized spacial score (nSPS) is 13.6. The lowest BCUT2D eigenvalue weighted by molar-refractivity contribution is 0.122. The van der Waals surface area contributed by atoms with Gasteiger partial charge in [0.2, 0.25) is 5.75 Å². The third-order valence-corrected chi connectivity index (χ3v) is 4.52. The van der Waals surface area contributed by atoms with E-state index in [2.05, 4.69) is 20.5 Å². The Morgan fingerprint density at radius 2 is 1.79 bits per heavy atom. The van der Waals surface area contributed by atoms with Gasteiger partial charge in [-0.15, -0.1) is 0 Å². The minimum absolute atomic E-state index is 0.344. The summed E-state index contributed by atoms with van der Waals surface area (Å²) in [5.41, 5.74) is 1.49. The van der Waals surface area contributed by atoms with Crippen LogP contribution in [0.25, 0.3) is 0 Å². The number of urea groups is 1. The van der Waals surface area contributed by atoms with Crippen LogP contribution in [-0.4, -0.2) is 58.6 Å². The predicted molar refractivity (Wildman–Crippen MR) is 109 cm³/mol. The van der Waals surface area contributed by atoms with Crippen LogP contribution in [0, 0.1) is 0 Å². The second-order valence-electron chi connectivity index (χ2n) is 6.34. The number of aromatic nitrogens is 1. The van der Waals surface area contributed by atoms with E-state index in [-0.39, 0.29) is 6.03 Å². The van der Waals surface area contributed by atoms with E-state index in [4.69, 9.17) is 18.9 Å². The molecule has 156 valence electrons. The Labute approximate surface area is 169 Å². The monoisotopic (exact) mass is 402 g/mol. The highest BCUT2D eigenvalue weighted by Gasteiger charge is 2.15. The van der Waals surface area contributed by atoms with Gasteiger partial charge in [0, 0.05) is 38.0 Å². The molecule has 2 heterocycles. The molecule has 0 aliphatic carbocycles. The van der Waals surface area contributed by atoms with Crippen molar-refractivity contribution in [2.75, 3.05) is 57.8 Å². The Hall–Kier alpha value is -3.20. The Kier molecular flexibility index (Phi) is 6.96. The van der Waals surface area contributed by atoms with E-state index in [9.17, 15) is 4.79 Å². The van der Waals surface area contributed by atoms with Gasteiger partial charge in [0.05, 0.1) is 40.2 Å². The average Bonchev–Trinajstić information content (AvgIpc) is 2.77. The number of nitrogens with one attached hydrogen (secondary N) is 2. The van der Waals surface area contributed by atoms with Crippen molar-refractivity contribution in [3.63, 3.8) is 0 Å². The molecule has 2 amide bonds. The summed E-state index contributed by atoms with van der Waals surface area (Å²) in [7, 11) is 4.58. The van der Waals surface area contributed by atoms with E-state index >= 15 is 0 Å². The maximum Gasteiger partial charge on any atom is 0.319 e. The largest absolute Gasteiger partial charge is 0.493 e. The van der Waals surface area contributed by atoms with Crippen molar-refractivity contribution < 1.29 is 23.7 Å². The first-order valence-electron chi connectivity index (χ1n) is 9.27. The van der Waals surface area contributed by atoms with Crippen molar-refractivity contribution in [1.29, 1.82) is 0 Å². The highest BCUT2D eigenvalue weighted by atomic mass is 16.5. The fourth-order valence-corrected chi connectivity index (χ4v) is 3.05. The fourth-order valence-electron chi connectivity index (χ4n) is 3.05. The van der Waals surface area contributed by atoms with Crippen LogP contribution in [0.2, 0.25) is 0 Å². The molecule has 0 unspecified atom stereocenters. The van der Waals surface area contributed by atoms with Crippen molar-refractivity contribution in [1.82, 2.24) is 10.3 Å². The van der Waals surface area contributed by atoms with Crippen molar-refractivity contribution in [2.45, 2.75) is 6.54 Å². The van der Waals surface area contributed by atoms with Gasteiger partial charge in [-0.05, 0) is 17.7 Å². The zero-order valence-corrected chi connectivity index (χ0v) is 16.9. The number of pyridine rings is 1. The molecule has 1 saturated heterocycles. The quantitative estimate of drug-likeness (QED) is 0.734. The molecule has 0 atom stereocenters. The number of hydrogen-bond acceptors (Lipinski definition) is 7. The standard InChI is InChI=1S/C20H26N4O5/c1-26-16-11-15(12-17(27-2)19(16)28-3)23-20(25)22-13-14-4-5-21-18(10-14)24-6-8-29-9-7-24/h4-5,10-12H,6-9,13H2,1-3H3,(H2,22,23,25). The van der Waals surface area contributed by atoms with Crippen molar-refractivity contribution in [2.24, 2.45) is 0 Å². The minimum atomic E-state index is -0.344. The lowest BCUT2D eigenvalue weighted by Gasteiger charge is -2.28. The summed E-state index contributed by atoms with van der Waals surface area (Å²) in [6.07, 6.45) is 1.75. The van der Waals surface area contributed by atoms with E-state index in [1.807, 2.05) is 12.1 Å². The van der Waals surface area contributed by atoms with Gasteiger partial charge in [0.25, 0.3) is 0 Å².